The van der Waals surface area contributed by atoms with Crippen molar-refractivity contribution in [1.82, 2.24) is 9.13 Å². The van der Waals surface area contributed by atoms with E-state index in [9.17, 15) is 38.2 Å². The number of aromatic nitrogens is 2. The van der Waals surface area contributed by atoms with Crippen molar-refractivity contribution < 1.29 is 38.4 Å². The van der Waals surface area contributed by atoms with E-state index in [0.717, 1.165) is 20.3 Å². The van der Waals surface area contributed by atoms with Crippen LogP contribution >= 0.6 is 0 Å². The van der Waals surface area contributed by atoms with Gasteiger partial charge in [0.2, 0.25) is 0 Å². The Labute approximate surface area is 689 Å². The molecule has 2 aromatic heterocycles. The average molecular weight is 1450 g/mol. The number of hydrogen-bond acceptors (Lipinski definition) is 3. The van der Waals surface area contributed by atoms with Crippen molar-refractivity contribution in [3.05, 3.63) is 361 Å². The molecule has 7 heteroatoms. The molecule has 111 heavy (non-hydrogen) atoms. The van der Waals surface area contributed by atoms with Crippen molar-refractivity contribution >= 4 is 107 Å². The molecular weight excluding hydrogens is 1340 g/mol. The summed E-state index contributed by atoms with van der Waals surface area (Å²) in [5, 5.41) is 7.98. The highest BCUT2D eigenvalue weighted by Crippen LogP contribution is 2.56. The van der Waals surface area contributed by atoms with Gasteiger partial charge in [-0.2, -0.15) is 5.26 Å². The van der Waals surface area contributed by atoms with Crippen molar-refractivity contribution in [3.8, 4) is 84.2 Å². The van der Waals surface area contributed by atoms with Crippen molar-refractivity contribution in [2.24, 2.45) is 0 Å². The number of hydrogen-bond donors (Lipinski definition) is 0. The minimum Gasteiger partial charge on any atom is -0.310 e. The van der Waals surface area contributed by atoms with Crippen molar-refractivity contribution in [2.45, 2.75) is 78.6 Å². The third-order valence-electron chi connectivity index (χ3n) is 20.9. The second kappa shape index (κ2) is 26.2. The molecule has 0 aliphatic carbocycles. The summed E-state index contributed by atoms with van der Waals surface area (Å²) in [5.74, 6) is 0. The molecule has 0 saturated carbocycles. The van der Waals surface area contributed by atoms with Gasteiger partial charge in [0, 0.05) is 80.7 Å². The van der Waals surface area contributed by atoms with Crippen LogP contribution in [0.2, 0.25) is 0 Å². The van der Waals surface area contributed by atoms with E-state index < -0.39 is 281 Å². The number of rotatable bonds is 10. The lowest BCUT2D eigenvalue weighted by atomic mass is 9.33. The molecule has 15 aromatic carbocycles. The Kier molecular flexibility index (Phi) is 10.4. The smallest absolute Gasteiger partial charge is 0.252 e. The molecule has 530 valence electrons. The summed E-state index contributed by atoms with van der Waals surface area (Å²) in [6, 6.07) is 26.6. The minimum absolute atomic E-state index is 0.198. The normalized spacial score (nSPS) is 16.2. The Morgan fingerprint density at radius 3 is 1.05 bits per heavy atom. The summed E-state index contributed by atoms with van der Waals surface area (Å²) in [7, 11) is 0. The van der Waals surface area contributed by atoms with Gasteiger partial charge in [-0.1, -0.05) is 280 Å². The lowest BCUT2D eigenvalue weighted by Crippen LogP contribution is -2.61. The highest BCUT2D eigenvalue weighted by Gasteiger charge is 2.47. The molecular formula is C104H81BN6. The van der Waals surface area contributed by atoms with E-state index in [1.807, 2.05) is 220 Å². The van der Waals surface area contributed by atoms with Gasteiger partial charge in [0.05, 0.1) is 87.3 Å². The molecule has 6 nitrogen and oxygen atoms in total. The lowest BCUT2D eigenvalue weighted by Gasteiger charge is -2.47. The van der Waals surface area contributed by atoms with Gasteiger partial charge in [0.1, 0.15) is 0 Å². The quantitative estimate of drug-likeness (QED) is 0.101. The maximum Gasteiger partial charge on any atom is 0.252 e. The zero-order valence-corrected chi connectivity index (χ0v) is 61.8. The number of nitriles is 1. The Hall–Kier alpha value is -13.5. The van der Waals surface area contributed by atoms with Crippen LogP contribution in [0, 0.1) is 17.9 Å². The van der Waals surface area contributed by atoms with Gasteiger partial charge in [0.25, 0.3) is 6.71 Å². The molecule has 0 atom stereocenters. The van der Waals surface area contributed by atoms with Crippen LogP contribution in [0.15, 0.2) is 327 Å². The van der Waals surface area contributed by atoms with Crippen LogP contribution in [0.1, 0.15) is 123 Å². The Bertz CT molecular complexity index is 7840. The first-order valence-electron chi connectivity index (χ1n) is 50.3. The van der Waals surface area contributed by atoms with E-state index in [1.165, 1.54) is 0 Å². The number of benzene rings is 15. The minimum atomic E-state index is -1.80. The number of para-hydroxylation sites is 2. The molecule has 19 rings (SSSR count). The van der Waals surface area contributed by atoms with Crippen LogP contribution in [0.3, 0.4) is 0 Å². The fourth-order valence-electron chi connectivity index (χ4n) is 15.3. The van der Waals surface area contributed by atoms with E-state index in [4.69, 9.17) is 12.1 Å². The van der Waals surface area contributed by atoms with Crippen LogP contribution in [-0.2, 0) is 16.2 Å². The van der Waals surface area contributed by atoms with Crippen LogP contribution in [0.5, 0.6) is 0 Å². The third kappa shape index (κ3) is 11.4. The summed E-state index contributed by atoms with van der Waals surface area (Å²) >= 11 is 0. The maximum absolute atomic E-state index is 12.0. The first-order valence-corrected chi connectivity index (χ1v) is 36.3. The lowest BCUT2D eigenvalue weighted by molar-refractivity contribution is 0.590. The Balaban J connectivity index is 1.08. The molecule has 0 amide bonds. The summed E-state index contributed by atoms with van der Waals surface area (Å²) in [4.78, 5) is 6.86. The van der Waals surface area contributed by atoms with Gasteiger partial charge in [-0.05, 0) is 203 Å². The Morgan fingerprint density at radius 2 is 0.694 bits per heavy atom. The summed E-state index contributed by atoms with van der Waals surface area (Å²) in [6.45, 7) is 24.2. The average Bonchev–Trinajstić information content (AvgIpc) is 1.63. The fraction of sp³-hybridized carbons (Fsp3) is 0.115. The fourth-order valence-corrected chi connectivity index (χ4v) is 15.3. The highest BCUT2D eigenvalue weighted by molar-refractivity contribution is 7.00. The summed E-state index contributed by atoms with van der Waals surface area (Å²) < 4.78 is 284. The van der Waals surface area contributed by atoms with E-state index in [-0.39, 0.29) is 39.1 Å². The number of fused-ring (bicyclic) bond motifs is 10. The maximum atomic E-state index is 12.0. The van der Waals surface area contributed by atoms with Crippen LogP contribution in [-0.4, -0.2) is 15.8 Å². The van der Waals surface area contributed by atoms with Gasteiger partial charge in [-0.15, -0.1) is 0 Å². The molecule has 0 fully saturated rings. The zero-order chi connectivity index (χ0) is 100. The molecule has 0 spiro atoms. The second-order valence-electron chi connectivity index (χ2n) is 30.8. The van der Waals surface area contributed by atoms with Crippen molar-refractivity contribution in [1.29, 1.82) is 5.26 Å². The molecule has 2 aliphatic heterocycles. The molecule has 17 aromatic rings. The van der Waals surface area contributed by atoms with Crippen LogP contribution in [0.4, 0.5) is 39.8 Å². The summed E-state index contributed by atoms with van der Waals surface area (Å²) in [5.41, 5.74) is -3.74. The number of anilines is 6. The zero-order valence-electron chi connectivity index (χ0n) is 89.8. The van der Waals surface area contributed by atoms with Gasteiger partial charge in [-0.3, -0.25) is 0 Å². The van der Waals surface area contributed by atoms with Crippen LogP contribution in [0.25, 0.3) is 127 Å². The van der Waals surface area contributed by atoms with E-state index >= 15 is 0 Å². The number of nitrogens with zero attached hydrogens (tertiary/aromatic N) is 6. The second-order valence-corrected chi connectivity index (χ2v) is 30.8. The van der Waals surface area contributed by atoms with Gasteiger partial charge < -0.3 is 18.9 Å². The van der Waals surface area contributed by atoms with Crippen molar-refractivity contribution in [2.75, 3.05) is 9.80 Å². The molecule has 0 saturated heterocycles. The predicted molar refractivity (Wildman–Crippen MR) is 469 cm³/mol. The summed E-state index contributed by atoms with van der Waals surface area (Å²) in [6.07, 6.45) is 0. The predicted octanol–water partition coefficient (Wildman–Crippen LogP) is 26.3. The molecule has 2 aliphatic rings. The van der Waals surface area contributed by atoms with E-state index in [1.54, 1.807) is 15.9 Å². The first-order chi connectivity index (χ1) is 65.6. The first kappa shape index (κ1) is 44.1. The highest BCUT2D eigenvalue weighted by atomic mass is 15.2. The van der Waals surface area contributed by atoms with E-state index in [0.29, 0.717) is 61.4 Å². The van der Waals surface area contributed by atoms with Crippen LogP contribution < -0.4 is 26.2 Å². The largest absolute Gasteiger partial charge is 0.310 e. The molecule has 0 radical (unpaired) electrons. The monoisotopic (exact) mass is 1450 g/mol. The van der Waals surface area contributed by atoms with Gasteiger partial charge >= 0.3 is 0 Å². The molecule has 4 heterocycles. The van der Waals surface area contributed by atoms with Crippen molar-refractivity contribution in [3.63, 3.8) is 0 Å². The molecule has 0 bridgehead atoms. The Morgan fingerprint density at radius 1 is 0.351 bits per heavy atom. The van der Waals surface area contributed by atoms with E-state index in [2.05, 4.69) is 4.85 Å². The van der Waals surface area contributed by atoms with Gasteiger partial charge in [-0.25, -0.2) is 4.85 Å². The third-order valence-corrected chi connectivity index (χ3v) is 20.9. The van der Waals surface area contributed by atoms with Gasteiger partial charge in [0.15, 0.2) is 5.69 Å². The standard InChI is InChI=1S/C104H81BN6/c1-102(2,3)75-57-83(69-27-15-11-16-28-69)100(84(58-75)70-29-17-12-18-30-70)110-95-63-79(108-91-37-25-23-35-81(91)87-55-73(45-53-93(87)108)67-41-39-66(65-106)40-42-67)49-51-89(95)105-90-52-50-80(109-92-38-26-24-36-82(92)88-56-74(46-54-94(88)109)68-43-47-78(107-10)48-44-68)64-96(90)111(98-62-77(104(7,8)9)61-97(110)99(98)105)101-85(71-31-19-13-20-32-71)59-76(103(4,5)6)60-86(101)72-33-21-14-22-34-72/h11-64H,1-9H3/i23D,24D,25D,26D,35D,36D,37D,38D,39D,40D,41D,42D,43D,44D,45D,46D,47D,48D,49D,50D,51D,52D,53D,54D,55D,56D,63D,64D. The molecule has 0 unspecified atom stereocenters. The topological polar surface area (TPSA) is 44.5 Å². The SMILES string of the molecule is [2H]c1c([2H])c(-c2c([2H])c([2H])c3c(c2[2H])c2c([2H])c([2H])c([2H])c([2H])c2n3-c2c([2H])c([2H])c3c(c2[2H])N(c2c(-c4ccccc4)cc(C(C)(C)C)cc2-c2ccccc2)c2cc(C(C)(C)C)cc4c2B3c2c([2H])c([2H])c(-n3c5c([2H])c([2H])c([2H])c([2H])c5c5c([2H])c(-c6c([2H])c([2H])c([N+]#[C-])c([2H])c6[2H])c([2H])c([2H])c53)c([2H])c2N4c2c(-c3ccccc3)cc(C(C)(C)C)cc2-c2ccccc2)c([2H])c([2H])c1C#N. The molecule has 0 N–H and O–H groups in total.